The van der Waals surface area contributed by atoms with Gasteiger partial charge >= 0.3 is 5.97 Å². The second kappa shape index (κ2) is 5.00. The van der Waals surface area contributed by atoms with Crippen LogP contribution in [0.1, 0.15) is 26.2 Å². The molecule has 0 amide bonds. The maximum absolute atomic E-state index is 11.0. The molecule has 1 aliphatic heterocycles. The Balaban J connectivity index is 2.53. The molecule has 1 aliphatic rings. The van der Waals surface area contributed by atoms with Crippen LogP contribution in [0.4, 0.5) is 0 Å². The second-order valence-corrected chi connectivity index (χ2v) is 3.40. The molecule has 80 valence electrons. The number of aliphatic hydroxyl groups is 1. The Hall–Kier alpha value is -1.03. The molecule has 1 fully saturated rings. The van der Waals surface area contributed by atoms with Gasteiger partial charge in [0, 0.05) is 13.0 Å². The summed E-state index contributed by atoms with van der Waals surface area (Å²) in [4.78, 5) is 11.0. The van der Waals surface area contributed by atoms with Crippen molar-refractivity contribution < 1.29 is 19.4 Å². The van der Waals surface area contributed by atoms with E-state index in [4.69, 9.17) is 4.74 Å². The Morgan fingerprint density at radius 3 is 2.86 bits per heavy atom. The number of hydrogen-bond donors (Lipinski definition) is 1. The van der Waals surface area contributed by atoms with Gasteiger partial charge in [-0.3, -0.25) is 0 Å². The topological polar surface area (TPSA) is 55.8 Å². The maximum Gasteiger partial charge on any atom is 0.336 e. The van der Waals surface area contributed by atoms with Crippen molar-refractivity contribution in [3.8, 4) is 0 Å². The zero-order chi connectivity index (χ0) is 10.6. The van der Waals surface area contributed by atoms with Gasteiger partial charge in [0.25, 0.3) is 0 Å². The van der Waals surface area contributed by atoms with Gasteiger partial charge in [-0.2, -0.15) is 0 Å². The molecule has 1 saturated heterocycles. The van der Waals surface area contributed by atoms with Crippen LogP contribution >= 0.6 is 0 Å². The number of hydrogen-bond acceptors (Lipinski definition) is 4. The molecule has 1 rings (SSSR count). The summed E-state index contributed by atoms with van der Waals surface area (Å²) in [5.74, 6) is -0.413. The summed E-state index contributed by atoms with van der Waals surface area (Å²) in [5.41, 5.74) is 0.267. The predicted octanol–water partition coefficient (Wildman–Crippen LogP) is 1.56. The van der Waals surface area contributed by atoms with Gasteiger partial charge in [-0.1, -0.05) is 0 Å². The fourth-order valence-corrected chi connectivity index (χ4v) is 1.44. The van der Waals surface area contributed by atoms with Crippen molar-refractivity contribution in [2.24, 2.45) is 0 Å². The highest BCUT2D eigenvalue weighted by molar-refractivity contribution is 5.88. The van der Waals surface area contributed by atoms with E-state index in [-0.39, 0.29) is 17.4 Å². The molecule has 1 unspecified atom stereocenters. The summed E-state index contributed by atoms with van der Waals surface area (Å²) >= 11 is 0. The van der Waals surface area contributed by atoms with Crippen LogP contribution < -0.4 is 0 Å². The molecular weight excluding hydrogens is 184 g/mol. The first-order valence-corrected chi connectivity index (χ1v) is 4.73. The van der Waals surface area contributed by atoms with E-state index in [2.05, 4.69) is 4.74 Å². The third kappa shape index (κ3) is 2.73. The van der Waals surface area contributed by atoms with E-state index < -0.39 is 5.97 Å². The van der Waals surface area contributed by atoms with Crippen LogP contribution in [0.3, 0.4) is 0 Å². The average Bonchev–Trinajstić information content (AvgIpc) is 2.68. The minimum Gasteiger partial charge on any atom is -0.512 e. The van der Waals surface area contributed by atoms with Crippen molar-refractivity contribution in [1.82, 2.24) is 0 Å². The molecule has 4 nitrogen and oxygen atoms in total. The molecule has 0 bridgehead atoms. The van der Waals surface area contributed by atoms with Gasteiger partial charge in [0.1, 0.15) is 5.76 Å². The van der Waals surface area contributed by atoms with E-state index in [9.17, 15) is 9.90 Å². The Morgan fingerprint density at radius 1 is 1.64 bits per heavy atom. The summed E-state index contributed by atoms with van der Waals surface area (Å²) in [7, 11) is 1.30. The van der Waals surface area contributed by atoms with Crippen molar-refractivity contribution in [3.63, 3.8) is 0 Å². The first-order valence-electron chi connectivity index (χ1n) is 4.73. The fraction of sp³-hybridized carbons (Fsp3) is 0.700. The molecule has 0 radical (unpaired) electrons. The van der Waals surface area contributed by atoms with Crippen LogP contribution in [0, 0.1) is 0 Å². The Kier molecular flexibility index (Phi) is 3.95. The van der Waals surface area contributed by atoms with Gasteiger partial charge in [-0.25, -0.2) is 4.79 Å². The van der Waals surface area contributed by atoms with Crippen LogP contribution in [0.5, 0.6) is 0 Å². The molecule has 1 N–H and O–H groups in total. The molecule has 0 aromatic rings. The third-order valence-corrected chi connectivity index (χ3v) is 2.37. The standard InChI is InChI=1S/C10H16O4/c1-7(10(12)13-2)9(11)6-8-4-3-5-14-8/h8,11H,3-6H2,1-2H3. The number of ether oxygens (including phenoxy) is 2. The van der Waals surface area contributed by atoms with Crippen LogP contribution in [-0.4, -0.2) is 30.9 Å². The van der Waals surface area contributed by atoms with Gasteiger partial charge in [-0.05, 0) is 19.8 Å². The van der Waals surface area contributed by atoms with Gasteiger partial charge < -0.3 is 14.6 Å². The first-order chi connectivity index (χ1) is 6.65. The lowest BCUT2D eigenvalue weighted by molar-refractivity contribution is -0.136. The number of carbonyl (C=O) groups is 1. The van der Waals surface area contributed by atoms with Crippen molar-refractivity contribution in [2.45, 2.75) is 32.3 Å². The second-order valence-electron chi connectivity index (χ2n) is 3.40. The monoisotopic (exact) mass is 200 g/mol. The van der Waals surface area contributed by atoms with Gasteiger partial charge in [0.15, 0.2) is 0 Å². The minimum absolute atomic E-state index is 0.0506. The van der Waals surface area contributed by atoms with Crippen LogP contribution in [-0.2, 0) is 14.3 Å². The Labute approximate surface area is 83.5 Å². The summed E-state index contributed by atoms with van der Waals surface area (Å²) in [6, 6.07) is 0. The van der Waals surface area contributed by atoms with Crippen LogP contribution in [0.15, 0.2) is 11.3 Å². The summed E-state index contributed by atoms with van der Waals surface area (Å²) in [6.45, 7) is 2.30. The third-order valence-electron chi connectivity index (χ3n) is 2.37. The highest BCUT2D eigenvalue weighted by Gasteiger charge is 2.19. The number of esters is 1. The maximum atomic E-state index is 11.0. The summed E-state index contributed by atoms with van der Waals surface area (Å²) in [6.07, 6.45) is 2.42. The molecule has 14 heavy (non-hydrogen) atoms. The SMILES string of the molecule is COC(=O)C(C)=C(O)CC1CCCO1. The van der Waals surface area contributed by atoms with E-state index in [1.807, 2.05) is 0 Å². The van der Waals surface area contributed by atoms with Crippen LogP contribution in [0.2, 0.25) is 0 Å². The number of aliphatic hydroxyl groups excluding tert-OH is 1. The quantitative estimate of drug-likeness (QED) is 0.426. The molecule has 0 aliphatic carbocycles. The van der Waals surface area contributed by atoms with E-state index in [0.29, 0.717) is 6.42 Å². The van der Waals surface area contributed by atoms with Crippen molar-refractivity contribution in [1.29, 1.82) is 0 Å². The molecule has 4 heteroatoms. The molecule has 0 aromatic carbocycles. The summed E-state index contributed by atoms with van der Waals surface area (Å²) < 4.78 is 9.84. The van der Waals surface area contributed by atoms with E-state index in [1.165, 1.54) is 7.11 Å². The van der Waals surface area contributed by atoms with Gasteiger partial charge in [-0.15, -0.1) is 0 Å². The zero-order valence-corrected chi connectivity index (χ0v) is 8.58. The first kappa shape index (κ1) is 11.0. The Morgan fingerprint density at radius 2 is 2.36 bits per heavy atom. The molecule has 0 spiro atoms. The molecule has 1 atom stereocenters. The highest BCUT2D eigenvalue weighted by atomic mass is 16.5. The highest BCUT2D eigenvalue weighted by Crippen LogP contribution is 2.20. The van der Waals surface area contributed by atoms with E-state index in [1.54, 1.807) is 6.92 Å². The average molecular weight is 200 g/mol. The lowest BCUT2D eigenvalue weighted by atomic mass is 10.1. The van der Waals surface area contributed by atoms with Crippen molar-refractivity contribution in [3.05, 3.63) is 11.3 Å². The lowest BCUT2D eigenvalue weighted by Gasteiger charge is -2.10. The lowest BCUT2D eigenvalue weighted by Crippen LogP contribution is -2.11. The predicted molar refractivity (Wildman–Crippen MR) is 50.9 cm³/mol. The largest absolute Gasteiger partial charge is 0.512 e. The zero-order valence-electron chi connectivity index (χ0n) is 8.58. The van der Waals surface area contributed by atoms with Gasteiger partial charge in [0.05, 0.1) is 18.8 Å². The molecule has 1 heterocycles. The number of rotatable bonds is 3. The van der Waals surface area contributed by atoms with Crippen molar-refractivity contribution in [2.75, 3.05) is 13.7 Å². The normalized spacial score (nSPS) is 23.1. The number of methoxy groups -OCH3 is 1. The van der Waals surface area contributed by atoms with Gasteiger partial charge in [0.2, 0.25) is 0 Å². The van der Waals surface area contributed by atoms with E-state index in [0.717, 1.165) is 19.4 Å². The van der Waals surface area contributed by atoms with Crippen LogP contribution in [0.25, 0.3) is 0 Å². The molecule has 0 saturated carbocycles. The smallest absolute Gasteiger partial charge is 0.336 e. The van der Waals surface area contributed by atoms with E-state index >= 15 is 0 Å². The summed E-state index contributed by atoms with van der Waals surface area (Å²) in [5, 5.41) is 9.58. The molecular formula is C10H16O4. The Bertz CT molecular complexity index is 239. The minimum atomic E-state index is -0.486. The number of carbonyl (C=O) groups excluding carboxylic acids is 1. The molecule has 0 aromatic heterocycles. The van der Waals surface area contributed by atoms with Crippen molar-refractivity contribution >= 4 is 5.97 Å². The fourth-order valence-electron chi connectivity index (χ4n) is 1.44.